The third kappa shape index (κ3) is 4.43. The van der Waals surface area contributed by atoms with Crippen molar-refractivity contribution in [1.29, 1.82) is 0 Å². The van der Waals surface area contributed by atoms with Gasteiger partial charge in [-0.25, -0.2) is 4.98 Å². The summed E-state index contributed by atoms with van der Waals surface area (Å²) >= 11 is 7.47. The molecule has 3 nitrogen and oxygen atoms in total. The van der Waals surface area contributed by atoms with Crippen LogP contribution in [0.2, 0.25) is 5.02 Å². The summed E-state index contributed by atoms with van der Waals surface area (Å²) < 4.78 is 4.55. The summed E-state index contributed by atoms with van der Waals surface area (Å²) in [5.74, 6) is 1.67. The summed E-state index contributed by atoms with van der Waals surface area (Å²) in [4.78, 5) is 7.15. The van der Waals surface area contributed by atoms with Gasteiger partial charge in [0, 0.05) is 36.1 Å². The van der Waals surface area contributed by atoms with Gasteiger partial charge in [-0.15, -0.1) is 0 Å². The predicted octanol–water partition coefficient (Wildman–Crippen LogP) is 5.24. The van der Waals surface area contributed by atoms with Gasteiger partial charge in [-0.2, -0.15) is 4.37 Å². The standard InChI is InChI=1S/C21H22ClN3S/c22-19-8-6-17(7-9-19)15-20-23-21(26-24-20)25-12-10-18(11-13-25)14-16-4-2-1-3-5-16/h1-9,18H,10-15H2. The zero-order valence-electron chi connectivity index (χ0n) is 14.6. The molecule has 0 aliphatic carbocycles. The van der Waals surface area contributed by atoms with Crippen LogP contribution < -0.4 is 4.90 Å². The number of hydrogen-bond acceptors (Lipinski definition) is 4. The molecule has 0 atom stereocenters. The number of anilines is 1. The highest BCUT2D eigenvalue weighted by Crippen LogP contribution is 2.27. The van der Waals surface area contributed by atoms with E-state index < -0.39 is 0 Å². The Bertz CT molecular complexity index is 824. The molecule has 1 aromatic heterocycles. The summed E-state index contributed by atoms with van der Waals surface area (Å²) in [7, 11) is 0. The highest BCUT2D eigenvalue weighted by molar-refractivity contribution is 7.09. The molecule has 26 heavy (non-hydrogen) atoms. The topological polar surface area (TPSA) is 29.0 Å². The van der Waals surface area contributed by atoms with Gasteiger partial charge < -0.3 is 4.90 Å². The van der Waals surface area contributed by atoms with Crippen LogP contribution in [-0.2, 0) is 12.8 Å². The van der Waals surface area contributed by atoms with Crippen molar-refractivity contribution in [2.24, 2.45) is 5.92 Å². The third-order valence-corrected chi connectivity index (χ3v) is 6.05. The number of aromatic nitrogens is 2. The highest BCUT2D eigenvalue weighted by Gasteiger charge is 2.22. The normalized spacial score (nSPS) is 15.3. The lowest BCUT2D eigenvalue weighted by Crippen LogP contribution is -2.34. The van der Waals surface area contributed by atoms with Gasteiger partial charge in [-0.1, -0.05) is 54.1 Å². The second-order valence-corrected chi connectivity index (χ2v) is 8.08. The highest BCUT2D eigenvalue weighted by atomic mass is 35.5. The van der Waals surface area contributed by atoms with Gasteiger partial charge in [0.1, 0.15) is 5.82 Å². The van der Waals surface area contributed by atoms with Crippen LogP contribution in [0.25, 0.3) is 0 Å². The fourth-order valence-electron chi connectivity index (χ4n) is 3.51. The van der Waals surface area contributed by atoms with Crippen molar-refractivity contribution in [2.75, 3.05) is 18.0 Å². The second kappa shape index (κ2) is 8.19. The molecular weight excluding hydrogens is 362 g/mol. The fourth-order valence-corrected chi connectivity index (χ4v) is 4.37. The van der Waals surface area contributed by atoms with Crippen LogP contribution in [0.15, 0.2) is 54.6 Å². The first kappa shape index (κ1) is 17.5. The molecule has 0 amide bonds. The average Bonchev–Trinajstić information content (AvgIpc) is 3.14. The van der Waals surface area contributed by atoms with Crippen molar-refractivity contribution in [3.8, 4) is 0 Å². The van der Waals surface area contributed by atoms with Gasteiger partial charge in [-0.05, 0) is 48.4 Å². The summed E-state index contributed by atoms with van der Waals surface area (Å²) in [5, 5.41) is 1.83. The molecule has 134 valence electrons. The summed E-state index contributed by atoms with van der Waals surface area (Å²) in [5.41, 5.74) is 2.65. The van der Waals surface area contributed by atoms with Gasteiger partial charge >= 0.3 is 0 Å². The van der Waals surface area contributed by atoms with Gasteiger partial charge in [0.15, 0.2) is 0 Å². The minimum atomic E-state index is 0.762. The molecule has 0 unspecified atom stereocenters. The summed E-state index contributed by atoms with van der Waals surface area (Å²) in [6, 6.07) is 18.7. The molecule has 0 N–H and O–H groups in total. The molecule has 0 bridgehead atoms. The second-order valence-electron chi connectivity index (χ2n) is 6.92. The summed E-state index contributed by atoms with van der Waals surface area (Å²) in [6.07, 6.45) is 4.40. The van der Waals surface area contributed by atoms with Gasteiger partial charge in [0.05, 0.1) is 0 Å². The van der Waals surface area contributed by atoms with E-state index in [9.17, 15) is 0 Å². The van der Waals surface area contributed by atoms with Crippen molar-refractivity contribution in [3.63, 3.8) is 0 Å². The van der Waals surface area contributed by atoms with E-state index in [4.69, 9.17) is 16.6 Å². The van der Waals surface area contributed by atoms with Gasteiger partial charge in [0.25, 0.3) is 0 Å². The monoisotopic (exact) mass is 383 g/mol. The Morgan fingerprint density at radius 3 is 2.42 bits per heavy atom. The molecule has 1 fully saturated rings. The molecule has 2 aromatic carbocycles. The maximum atomic E-state index is 5.95. The Kier molecular flexibility index (Phi) is 5.51. The van der Waals surface area contributed by atoms with Crippen molar-refractivity contribution in [1.82, 2.24) is 9.36 Å². The summed E-state index contributed by atoms with van der Waals surface area (Å²) in [6.45, 7) is 2.15. The predicted molar refractivity (Wildman–Crippen MR) is 109 cm³/mol. The fraction of sp³-hybridized carbons (Fsp3) is 0.333. The molecule has 4 rings (SSSR count). The lowest BCUT2D eigenvalue weighted by atomic mass is 9.90. The van der Waals surface area contributed by atoms with Crippen LogP contribution in [0.4, 0.5) is 5.13 Å². The third-order valence-electron chi connectivity index (χ3n) is 4.99. The minimum Gasteiger partial charge on any atom is -0.347 e. The van der Waals surface area contributed by atoms with E-state index in [1.807, 2.05) is 24.3 Å². The number of rotatable bonds is 5. The number of piperidine rings is 1. The average molecular weight is 384 g/mol. The molecular formula is C21H22ClN3S. The lowest BCUT2D eigenvalue weighted by Gasteiger charge is -2.31. The van der Waals surface area contributed by atoms with Crippen molar-refractivity contribution in [3.05, 3.63) is 76.6 Å². The van der Waals surface area contributed by atoms with E-state index in [-0.39, 0.29) is 0 Å². The Morgan fingerprint density at radius 1 is 0.962 bits per heavy atom. The van der Waals surface area contributed by atoms with E-state index in [2.05, 4.69) is 39.6 Å². The van der Waals surface area contributed by atoms with Crippen molar-refractivity contribution >= 4 is 28.3 Å². The van der Waals surface area contributed by atoms with Crippen LogP contribution in [0, 0.1) is 5.92 Å². The molecule has 0 saturated carbocycles. The molecule has 0 radical (unpaired) electrons. The molecule has 1 aliphatic rings. The van der Waals surface area contributed by atoms with Crippen molar-refractivity contribution in [2.45, 2.75) is 25.7 Å². The minimum absolute atomic E-state index is 0.762. The zero-order valence-corrected chi connectivity index (χ0v) is 16.2. The molecule has 0 spiro atoms. The van der Waals surface area contributed by atoms with Gasteiger partial charge in [-0.3, -0.25) is 0 Å². The Hall–Kier alpha value is -1.91. The number of nitrogens with zero attached hydrogens (tertiary/aromatic N) is 3. The largest absolute Gasteiger partial charge is 0.347 e. The zero-order chi connectivity index (χ0) is 17.8. The molecule has 1 saturated heterocycles. The van der Waals surface area contributed by atoms with E-state index >= 15 is 0 Å². The first-order valence-electron chi connectivity index (χ1n) is 9.12. The number of benzene rings is 2. The Labute approximate surface area is 163 Å². The van der Waals surface area contributed by atoms with Gasteiger partial charge in [0.2, 0.25) is 5.13 Å². The number of halogens is 1. The van der Waals surface area contributed by atoms with E-state index in [0.29, 0.717) is 0 Å². The smallest absolute Gasteiger partial charge is 0.205 e. The molecule has 3 aromatic rings. The van der Waals surface area contributed by atoms with Crippen LogP contribution in [0.3, 0.4) is 0 Å². The molecule has 2 heterocycles. The van der Waals surface area contributed by atoms with E-state index in [1.54, 1.807) is 0 Å². The first-order valence-corrected chi connectivity index (χ1v) is 10.3. The van der Waals surface area contributed by atoms with Crippen LogP contribution >= 0.6 is 23.1 Å². The first-order chi connectivity index (χ1) is 12.8. The lowest BCUT2D eigenvalue weighted by molar-refractivity contribution is 0.403. The van der Waals surface area contributed by atoms with Crippen LogP contribution in [-0.4, -0.2) is 22.4 Å². The van der Waals surface area contributed by atoms with Crippen molar-refractivity contribution < 1.29 is 0 Å². The SMILES string of the molecule is Clc1ccc(Cc2nsc(N3CCC(Cc4ccccc4)CC3)n2)cc1. The van der Waals surface area contributed by atoms with E-state index in [1.165, 1.54) is 41.9 Å². The molecule has 5 heteroatoms. The maximum Gasteiger partial charge on any atom is 0.205 e. The van der Waals surface area contributed by atoms with E-state index in [0.717, 1.165) is 41.4 Å². The van der Waals surface area contributed by atoms with Crippen LogP contribution in [0.5, 0.6) is 0 Å². The van der Waals surface area contributed by atoms with Crippen LogP contribution in [0.1, 0.15) is 29.8 Å². The Balaban J connectivity index is 1.32. The maximum absolute atomic E-state index is 5.95. The number of hydrogen-bond donors (Lipinski definition) is 0. The quantitative estimate of drug-likeness (QED) is 0.603. The Morgan fingerprint density at radius 2 is 1.69 bits per heavy atom. The molecule has 1 aliphatic heterocycles.